The number of nitrogens with zero attached hydrogens (tertiary/aromatic N) is 7. The molecule has 5 rings (SSSR count). The van der Waals surface area contributed by atoms with Gasteiger partial charge in [-0.15, -0.1) is 22.6 Å². The fraction of sp³-hybridized carbons (Fsp3) is 0.562. The van der Waals surface area contributed by atoms with Crippen molar-refractivity contribution in [3.05, 3.63) is 24.3 Å². The van der Waals surface area contributed by atoms with E-state index in [4.69, 9.17) is 0 Å². The molecule has 0 amide bonds. The first-order valence-corrected chi connectivity index (χ1v) is 8.94. The first kappa shape index (κ1) is 17.2. The average molecular weight is 376 g/mol. The monoisotopic (exact) mass is 375 g/mol. The van der Waals surface area contributed by atoms with E-state index in [1.54, 1.807) is 12.7 Å². The normalized spacial score (nSPS) is 20.5. The maximum atomic E-state index is 4.49. The van der Waals surface area contributed by atoms with Crippen molar-refractivity contribution < 1.29 is 0 Å². The number of aromatic nitrogens is 7. The van der Waals surface area contributed by atoms with Crippen LogP contribution in [0.1, 0.15) is 37.0 Å². The zero-order valence-corrected chi connectivity index (χ0v) is 15.2. The van der Waals surface area contributed by atoms with Gasteiger partial charge in [-0.05, 0) is 19.4 Å². The number of halogens is 1. The molecule has 1 atom stereocenters. The molecule has 3 aromatic heterocycles. The highest BCUT2D eigenvalue weighted by Crippen LogP contribution is 2.25. The fourth-order valence-electron chi connectivity index (χ4n) is 3.88. The largest absolute Gasteiger partial charge is 0.352 e. The Morgan fingerprint density at radius 3 is 2.88 bits per heavy atom. The molecule has 10 heteroatoms. The van der Waals surface area contributed by atoms with Gasteiger partial charge in [0.25, 0.3) is 0 Å². The van der Waals surface area contributed by atoms with Crippen LogP contribution in [-0.4, -0.2) is 54.3 Å². The number of hydrogen-bond acceptors (Lipinski definition) is 7. The van der Waals surface area contributed by atoms with Crippen molar-refractivity contribution in [3.63, 3.8) is 0 Å². The van der Waals surface area contributed by atoms with E-state index in [2.05, 4.69) is 44.9 Å². The molecule has 2 aliphatic rings. The quantitative estimate of drug-likeness (QED) is 0.695. The minimum absolute atomic E-state index is 0. The lowest BCUT2D eigenvalue weighted by Crippen LogP contribution is -2.31. The topological polar surface area (TPSA) is 100 Å². The van der Waals surface area contributed by atoms with E-state index in [1.807, 2.05) is 0 Å². The van der Waals surface area contributed by atoms with Gasteiger partial charge in [0, 0.05) is 26.1 Å². The fourth-order valence-corrected chi connectivity index (χ4v) is 3.88. The average Bonchev–Trinajstić information content (AvgIpc) is 3.25. The van der Waals surface area contributed by atoms with Crippen molar-refractivity contribution in [1.82, 2.24) is 40.0 Å². The van der Waals surface area contributed by atoms with Crippen LogP contribution < -0.4 is 10.2 Å². The predicted molar refractivity (Wildman–Crippen MR) is 99.5 cm³/mol. The van der Waals surface area contributed by atoms with Gasteiger partial charge in [0.2, 0.25) is 0 Å². The SMILES string of the molecule is Cl.c1nc(N2CCc3nnc(C4CCCCN4)n3CC2)c2[nH]cnc2n1. The Hall–Kier alpha value is -2.26. The Labute approximate surface area is 157 Å². The third kappa shape index (κ3) is 2.90. The van der Waals surface area contributed by atoms with Crippen molar-refractivity contribution in [2.75, 3.05) is 24.5 Å². The van der Waals surface area contributed by atoms with E-state index in [0.29, 0.717) is 11.7 Å². The summed E-state index contributed by atoms with van der Waals surface area (Å²) in [6, 6.07) is 0.333. The van der Waals surface area contributed by atoms with Crippen molar-refractivity contribution in [1.29, 1.82) is 0 Å². The number of piperidine rings is 1. The van der Waals surface area contributed by atoms with Gasteiger partial charge in [0.1, 0.15) is 23.5 Å². The van der Waals surface area contributed by atoms with Crippen LogP contribution in [0.2, 0.25) is 0 Å². The van der Waals surface area contributed by atoms with Crippen LogP contribution in [0.3, 0.4) is 0 Å². The van der Waals surface area contributed by atoms with E-state index in [-0.39, 0.29) is 12.4 Å². The molecule has 9 nitrogen and oxygen atoms in total. The lowest BCUT2D eigenvalue weighted by Gasteiger charge is -2.24. The summed E-state index contributed by atoms with van der Waals surface area (Å²) >= 11 is 0. The van der Waals surface area contributed by atoms with Crippen LogP contribution in [0.25, 0.3) is 11.2 Å². The number of fused-ring (bicyclic) bond motifs is 2. The highest BCUT2D eigenvalue weighted by atomic mass is 35.5. The smallest absolute Gasteiger partial charge is 0.182 e. The maximum absolute atomic E-state index is 4.49. The molecular weight excluding hydrogens is 354 g/mol. The number of anilines is 1. The van der Waals surface area contributed by atoms with Crippen molar-refractivity contribution >= 4 is 29.4 Å². The molecule has 0 aromatic carbocycles. The zero-order chi connectivity index (χ0) is 16.6. The first-order valence-electron chi connectivity index (χ1n) is 8.94. The van der Waals surface area contributed by atoms with Crippen molar-refractivity contribution in [2.24, 2.45) is 0 Å². The molecule has 1 fully saturated rings. The summed E-state index contributed by atoms with van der Waals surface area (Å²) in [4.78, 5) is 18.4. The van der Waals surface area contributed by atoms with Crippen LogP contribution >= 0.6 is 12.4 Å². The number of nitrogens with one attached hydrogen (secondary N) is 2. The maximum Gasteiger partial charge on any atom is 0.182 e. The molecule has 2 aliphatic heterocycles. The van der Waals surface area contributed by atoms with E-state index < -0.39 is 0 Å². The molecule has 0 saturated carbocycles. The van der Waals surface area contributed by atoms with Gasteiger partial charge >= 0.3 is 0 Å². The van der Waals surface area contributed by atoms with Gasteiger partial charge < -0.3 is 19.8 Å². The molecule has 138 valence electrons. The van der Waals surface area contributed by atoms with Gasteiger partial charge in [-0.25, -0.2) is 15.0 Å². The number of imidazole rings is 1. The van der Waals surface area contributed by atoms with E-state index >= 15 is 0 Å². The van der Waals surface area contributed by atoms with Gasteiger partial charge in [-0.2, -0.15) is 0 Å². The summed E-state index contributed by atoms with van der Waals surface area (Å²) in [5.41, 5.74) is 1.61. The minimum atomic E-state index is 0. The summed E-state index contributed by atoms with van der Waals surface area (Å²) in [7, 11) is 0. The van der Waals surface area contributed by atoms with Gasteiger partial charge in [-0.1, -0.05) is 6.42 Å². The Morgan fingerprint density at radius 2 is 2.00 bits per heavy atom. The Kier molecular flexibility index (Phi) is 4.73. The number of H-pyrrole nitrogens is 1. The lowest BCUT2D eigenvalue weighted by atomic mass is 10.0. The molecule has 0 spiro atoms. The predicted octanol–water partition coefficient (Wildman–Crippen LogP) is 1.24. The second-order valence-corrected chi connectivity index (χ2v) is 6.66. The summed E-state index contributed by atoms with van der Waals surface area (Å²) in [5.74, 6) is 3.07. The highest BCUT2D eigenvalue weighted by molar-refractivity contribution is 5.85. The van der Waals surface area contributed by atoms with Crippen LogP contribution in [-0.2, 0) is 13.0 Å². The molecule has 1 unspecified atom stereocenters. The first-order chi connectivity index (χ1) is 12.4. The highest BCUT2D eigenvalue weighted by Gasteiger charge is 2.26. The minimum Gasteiger partial charge on any atom is -0.352 e. The molecular formula is C16H22ClN9. The second-order valence-electron chi connectivity index (χ2n) is 6.66. The van der Waals surface area contributed by atoms with E-state index in [1.165, 1.54) is 12.8 Å². The molecule has 26 heavy (non-hydrogen) atoms. The second kappa shape index (κ2) is 7.16. The molecule has 3 aromatic rings. The van der Waals surface area contributed by atoms with Crippen molar-refractivity contribution in [3.8, 4) is 0 Å². The molecule has 0 bridgehead atoms. The summed E-state index contributed by atoms with van der Waals surface area (Å²) in [6.07, 6.45) is 7.76. The van der Waals surface area contributed by atoms with Gasteiger partial charge in [0.15, 0.2) is 11.5 Å². The Balaban J connectivity index is 0.00000168. The van der Waals surface area contributed by atoms with Gasteiger partial charge in [0.05, 0.1) is 12.4 Å². The third-order valence-corrected chi connectivity index (χ3v) is 5.18. The van der Waals surface area contributed by atoms with Crippen molar-refractivity contribution in [2.45, 2.75) is 38.3 Å². The van der Waals surface area contributed by atoms with E-state index in [0.717, 1.165) is 62.0 Å². The summed E-state index contributed by atoms with van der Waals surface area (Å²) in [6.45, 7) is 3.67. The Morgan fingerprint density at radius 1 is 1.04 bits per heavy atom. The lowest BCUT2D eigenvalue weighted by molar-refractivity contribution is 0.384. The molecule has 1 saturated heterocycles. The molecule has 0 radical (unpaired) electrons. The standard InChI is InChI=1S/C16H21N9.ClH/c1-2-5-17-11(3-1)15-23-22-12-4-6-24(7-8-25(12)15)16-13-14(19-9-18-13)20-10-21-16;/h9-11,17H,1-8H2,(H,18,19,20,21);1H. The molecule has 2 N–H and O–H groups in total. The van der Waals surface area contributed by atoms with Crippen LogP contribution in [0.5, 0.6) is 0 Å². The summed E-state index contributed by atoms with van der Waals surface area (Å²) in [5, 5.41) is 12.5. The molecule has 5 heterocycles. The number of aromatic amines is 1. The van der Waals surface area contributed by atoms with Gasteiger partial charge in [-0.3, -0.25) is 0 Å². The van der Waals surface area contributed by atoms with E-state index in [9.17, 15) is 0 Å². The number of rotatable bonds is 2. The zero-order valence-electron chi connectivity index (χ0n) is 14.4. The van der Waals surface area contributed by atoms with Crippen LogP contribution in [0.15, 0.2) is 12.7 Å². The Bertz CT molecular complexity index is 883. The summed E-state index contributed by atoms with van der Waals surface area (Å²) < 4.78 is 2.30. The third-order valence-electron chi connectivity index (χ3n) is 5.18. The number of hydrogen-bond donors (Lipinski definition) is 2. The van der Waals surface area contributed by atoms with Crippen LogP contribution in [0, 0.1) is 0 Å². The molecule has 0 aliphatic carbocycles. The van der Waals surface area contributed by atoms with Crippen LogP contribution in [0.4, 0.5) is 5.82 Å².